The minimum Gasteiger partial charge on any atom is -0.396 e. The van der Waals surface area contributed by atoms with E-state index in [1.165, 1.54) is 0 Å². The van der Waals surface area contributed by atoms with Crippen LogP contribution in [0.3, 0.4) is 0 Å². The number of rotatable bonds is 4. The van der Waals surface area contributed by atoms with Crippen molar-refractivity contribution >= 4 is 0 Å². The van der Waals surface area contributed by atoms with Crippen LogP contribution in [0.5, 0.6) is 0 Å². The first-order valence-electron chi connectivity index (χ1n) is 4.68. The van der Waals surface area contributed by atoms with Gasteiger partial charge in [-0.25, -0.2) is 0 Å². The molecular weight excluding hydrogens is 168 g/mol. The summed E-state index contributed by atoms with van der Waals surface area (Å²) >= 11 is 0. The van der Waals surface area contributed by atoms with Crippen molar-refractivity contribution in [1.29, 1.82) is 0 Å². The van der Waals surface area contributed by atoms with Gasteiger partial charge < -0.3 is 14.6 Å². The fourth-order valence-corrected chi connectivity index (χ4v) is 1.58. The number of hydrogen-bond donors (Lipinski definition) is 1. The van der Waals surface area contributed by atoms with Gasteiger partial charge in [0.1, 0.15) is 6.10 Å². The molecule has 0 aliphatic carbocycles. The Kier molecular flexibility index (Phi) is 3.47. The van der Waals surface area contributed by atoms with Crippen molar-refractivity contribution in [3.8, 4) is 0 Å². The van der Waals surface area contributed by atoms with Gasteiger partial charge in [0, 0.05) is 6.61 Å². The number of hydrogen-bond acceptors (Lipinski definition) is 3. The second-order valence-corrected chi connectivity index (χ2v) is 3.74. The van der Waals surface area contributed by atoms with E-state index in [0.717, 1.165) is 12.8 Å². The molecule has 1 heterocycles. The lowest BCUT2D eigenvalue weighted by molar-refractivity contribution is -0.143. The summed E-state index contributed by atoms with van der Waals surface area (Å²) in [4.78, 5) is 0. The van der Waals surface area contributed by atoms with E-state index in [-0.39, 0.29) is 18.8 Å². The summed E-state index contributed by atoms with van der Waals surface area (Å²) in [5.41, 5.74) is 0. The Bertz CT molecular complexity index is 177. The Morgan fingerprint density at radius 1 is 1.46 bits per heavy atom. The molecule has 0 spiro atoms. The summed E-state index contributed by atoms with van der Waals surface area (Å²) in [5, 5.41) is 8.69. The number of ether oxygens (including phenoxy) is 2. The summed E-state index contributed by atoms with van der Waals surface area (Å²) in [5.74, 6) is -0.515. The maximum Gasteiger partial charge on any atom is 0.164 e. The highest BCUT2D eigenvalue weighted by Crippen LogP contribution is 2.30. The van der Waals surface area contributed by atoms with Gasteiger partial charge in [0.15, 0.2) is 5.79 Å². The average molecular weight is 186 g/mol. The van der Waals surface area contributed by atoms with Gasteiger partial charge in [-0.3, -0.25) is 0 Å². The van der Waals surface area contributed by atoms with E-state index < -0.39 is 5.79 Å². The molecule has 0 bridgehead atoms. The monoisotopic (exact) mass is 186 g/mol. The molecule has 1 aliphatic heterocycles. The summed E-state index contributed by atoms with van der Waals surface area (Å²) < 4.78 is 11.2. The Morgan fingerprint density at radius 2 is 2.15 bits per heavy atom. The van der Waals surface area contributed by atoms with Gasteiger partial charge in [0.2, 0.25) is 0 Å². The molecule has 0 aromatic carbocycles. The highest BCUT2D eigenvalue weighted by atomic mass is 16.7. The van der Waals surface area contributed by atoms with Crippen LogP contribution in [0, 0.1) is 0 Å². The molecule has 1 rings (SSSR count). The predicted octanol–water partition coefficient (Wildman–Crippen LogP) is 1.46. The summed E-state index contributed by atoms with van der Waals surface area (Å²) in [7, 11) is 0. The first-order chi connectivity index (χ1) is 6.09. The van der Waals surface area contributed by atoms with Crippen LogP contribution < -0.4 is 0 Å². The SMILES string of the molecule is C=C[C@H]1OC(C)(C)O[C@@H]1CCCO. The minimum atomic E-state index is -0.515. The highest BCUT2D eigenvalue weighted by molar-refractivity contribution is 4.92. The van der Waals surface area contributed by atoms with E-state index in [0.29, 0.717) is 0 Å². The highest BCUT2D eigenvalue weighted by Gasteiger charge is 2.38. The number of aliphatic hydroxyl groups excluding tert-OH is 1. The standard InChI is InChI=1S/C10H18O3/c1-4-8-9(6-5-7-11)13-10(2,3)12-8/h4,8-9,11H,1,5-7H2,2-3H3/t8-,9-/m1/s1. The lowest BCUT2D eigenvalue weighted by atomic mass is 10.1. The van der Waals surface area contributed by atoms with Gasteiger partial charge >= 0.3 is 0 Å². The fraction of sp³-hybridized carbons (Fsp3) is 0.800. The lowest BCUT2D eigenvalue weighted by Gasteiger charge is -2.16. The van der Waals surface area contributed by atoms with Gasteiger partial charge in [0.25, 0.3) is 0 Å². The van der Waals surface area contributed by atoms with Gasteiger partial charge in [-0.1, -0.05) is 6.08 Å². The lowest BCUT2D eigenvalue weighted by Crippen LogP contribution is -2.21. The zero-order valence-electron chi connectivity index (χ0n) is 8.32. The molecular formula is C10H18O3. The molecule has 1 fully saturated rings. The third kappa shape index (κ3) is 2.79. The first-order valence-corrected chi connectivity index (χ1v) is 4.68. The summed E-state index contributed by atoms with van der Waals surface area (Å²) in [6, 6.07) is 0. The molecule has 0 saturated carbocycles. The zero-order chi connectivity index (χ0) is 9.90. The molecule has 0 amide bonds. The molecule has 0 aromatic rings. The summed E-state index contributed by atoms with van der Waals surface area (Å²) in [6.45, 7) is 7.68. The molecule has 3 heteroatoms. The largest absolute Gasteiger partial charge is 0.396 e. The fourth-order valence-electron chi connectivity index (χ4n) is 1.58. The van der Waals surface area contributed by atoms with Crippen LogP contribution in [0.2, 0.25) is 0 Å². The Balaban J connectivity index is 2.48. The molecule has 0 unspecified atom stereocenters. The minimum absolute atomic E-state index is 0.0402. The maximum atomic E-state index is 8.69. The van der Waals surface area contributed by atoms with Crippen molar-refractivity contribution in [3.05, 3.63) is 12.7 Å². The molecule has 2 atom stereocenters. The average Bonchev–Trinajstić information content (AvgIpc) is 2.37. The van der Waals surface area contributed by atoms with Crippen LogP contribution in [-0.2, 0) is 9.47 Å². The van der Waals surface area contributed by atoms with E-state index in [9.17, 15) is 0 Å². The molecule has 0 radical (unpaired) electrons. The number of aliphatic hydroxyl groups is 1. The smallest absolute Gasteiger partial charge is 0.164 e. The predicted molar refractivity (Wildman–Crippen MR) is 50.3 cm³/mol. The van der Waals surface area contributed by atoms with Crippen LogP contribution in [-0.4, -0.2) is 29.7 Å². The van der Waals surface area contributed by atoms with E-state index in [4.69, 9.17) is 14.6 Å². The Hall–Kier alpha value is -0.380. The molecule has 1 saturated heterocycles. The van der Waals surface area contributed by atoms with E-state index in [2.05, 4.69) is 6.58 Å². The van der Waals surface area contributed by atoms with Gasteiger partial charge in [-0.15, -0.1) is 6.58 Å². The van der Waals surface area contributed by atoms with E-state index in [1.807, 2.05) is 13.8 Å². The van der Waals surface area contributed by atoms with Crippen molar-refractivity contribution < 1.29 is 14.6 Å². The molecule has 76 valence electrons. The van der Waals surface area contributed by atoms with Crippen LogP contribution in [0.15, 0.2) is 12.7 Å². The third-order valence-corrected chi connectivity index (χ3v) is 2.10. The van der Waals surface area contributed by atoms with Crippen LogP contribution in [0.25, 0.3) is 0 Å². The van der Waals surface area contributed by atoms with Gasteiger partial charge in [0.05, 0.1) is 6.10 Å². The van der Waals surface area contributed by atoms with Crippen molar-refractivity contribution in [1.82, 2.24) is 0 Å². The zero-order valence-corrected chi connectivity index (χ0v) is 8.32. The van der Waals surface area contributed by atoms with Crippen molar-refractivity contribution in [2.75, 3.05) is 6.61 Å². The molecule has 0 aromatic heterocycles. The summed E-state index contributed by atoms with van der Waals surface area (Å²) in [6.07, 6.45) is 3.32. The van der Waals surface area contributed by atoms with E-state index in [1.54, 1.807) is 6.08 Å². The topological polar surface area (TPSA) is 38.7 Å². The third-order valence-electron chi connectivity index (χ3n) is 2.10. The first kappa shape index (κ1) is 10.7. The quantitative estimate of drug-likeness (QED) is 0.676. The Morgan fingerprint density at radius 3 is 2.69 bits per heavy atom. The normalized spacial score (nSPS) is 31.9. The van der Waals surface area contributed by atoms with E-state index >= 15 is 0 Å². The molecule has 3 nitrogen and oxygen atoms in total. The van der Waals surface area contributed by atoms with Gasteiger partial charge in [-0.2, -0.15) is 0 Å². The molecule has 13 heavy (non-hydrogen) atoms. The van der Waals surface area contributed by atoms with Crippen LogP contribution in [0.1, 0.15) is 26.7 Å². The van der Waals surface area contributed by atoms with Crippen molar-refractivity contribution in [3.63, 3.8) is 0 Å². The van der Waals surface area contributed by atoms with Crippen molar-refractivity contribution in [2.24, 2.45) is 0 Å². The van der Waals surface area contributed by atoms with Gasteiger partial charge in [-0.05, 0) is 26.7 Å². The molecule has 1 aliphatic rings. The Labute approximate surface area is 79.3 Å². The van der Waals surface area contributed by atoms with Crippen LogP contribution in [0.4, 0.5) is 0 Å². The van der Waals surface area contributed by atoms with Crippen LogP contribution >= 0.6 is 0 Å². The maximum absolute atomic E-state index is 8.69. The second kappa shape index (κ2) is 4.22. The second-order valence-electron chi connectivity index (χ2n) is 3.74. The van der Waals surface area contributed by atoms with Crippen molar-refractivity contribution in [2.45, 2.75) is 44.7 Å². The molecule has 1 N–H and O–H groups in total.